The van der Waals surface area contributed by atoms with Crippen molar-refractivity contribution >= 4 is 21.9 Å². The van der Waals surface area contributed by atoms with Crippen LogP contribution in [-0.2, 0) is 9.53 Å². The van der Waals surface area contributed by atoms with Gasteiger partial charge in [0.15, 0.2) is 0 Å². The SMILES string of the molecule is C[C@@H]1CCC2C(=O)O[C@@H](CN=[N+]=[N-])CN2[C@H]1c1ccc(Br)cc1. The normalized spacial score (nSPS) is 31.0. The maximum absolute atomic E-state index is 12.3. The third kappa shape index (κ3) is 3.37. The Morgan fingerprint density at radius 1 is 1.39 bits per heavy atom. The Hall–Kier alpha value is -1.56. The highest BCUT2D eigenvalue weighted by Gasteiger charge is 2.44. The van der Waals surface area contributed by atoms with Gasteiger partial charge in [0.2, 0.25) is 0 Å². The molecule has 0 bridgehead atoms. The van der Waals surface area contributed by atoms with Gasteiger partial charge in [-0.2, -0.15) is 0 Å². The van der Waals surface area contributed by atoms with Crippen LogP contribution in [0.2, 0.25) is 0 Å². The van der Waals surface area contributed by atoms with E-state index in [2.05, 4.69) is 49.9 Å². The lowest BCUT2D eigenvalue weighted by Crippen LogP contribution is -2.57. The van der Waals surface area contributed by atoms with Crippen LogP contribution in [0.15, 0.2) is 33.9 Å². The van der Waals surface area contributed by atoms with E-state index >= 15 is 0 Å². The largest absolute Gasteiger partial charge is 0.460 e. The van der Waals surface area contributed by atoms with E-state index in [9.17, 15) is 4.79 Å². The molecule has 7 heteroatoms. The lowest BCUT2D eigenvalue weighted by atomic mass is 9.82. The van der Waals surface area contributed by atoms with Gasteiger partial charge in [-0.3, -0.25) is 9.69 Å². The second kappa shape index (κ2) is 6.91. The number of halogens is 1. The molecular formula is C16H19BrN4O2. The van der Waals surface area contributed by atoms with Gasteiger partial charge in [-0.1, -0.05) is 40.1 Å². The van der Waals surface area contributed by atoms with Crippen LogP contribution in [0.5, 0.6) is 0 Å². The zero-order chi connectivity index (χ0) is 16.4. The molecule has 0 saturated carbocycles. The number of ether oxygens (including phenoxy) is 1. The molecule has 0 aromatic heterocycles. The molecule has 1 aromatic carbocycles. The minimum Gasteiger partial charge on any atom is -0.460 e. The predicted molar refractivity (Wildman–Crippen MR) is 89.7 cm³/mol. The number of azide groups is 1. The lowest BCUT2D eigenvalue weighted by Gasteiger charge is -2.48. The van der Waals surface area contributed by atoms with Crippen molar-refractivity contribution in [1.82, 2.24) is 4.90 Å². The molecule has 122 valence electrons. The summed E-state index contributed by atoms with van der Waals surface area (Å²) in [5.41, 5.74) is 9.70. The van der Waals surface area contributed by atoms with Gasteiger partial charge < -0.3 is 4.74 Å². The summed E-state index contributed by atoms with van der Waals surface area (Å²) in [6.07, 6.45) is 1.46. The van der Waals surface area contributed by atoms with Gasteiger partial charge in [0.25, 0.3) is 0 Å². The van der Waals surface area contributed by atoms with Crippen molar-refractivity contribution in [2.24, 2.45) is 11.0 Å². The van der Waals surface area contributed by atoms with Crippen LogP contribution in [0.1, 0.15) is 31.4 Å². The van der Waals surface area contributed by atoms with Gasteiger partial charge in [-0.05, 0) is 42.0 Å². The number of morpholine rings is 1. The predicted octanol–water partition coefficient (Wildman–Crippen LogP) is 3.83. The van der Waals surface area contributed by atoms with Crippen LogP contribution in [-0.4, -0.2) is 36.1 Å². The molecule has 2 saturated heterocycles. The number of benzene rings is 1. The number of cyclic esters (lactones) is 1. The van der Waals surface area contributed by atoms with Crippen molar-refractivity contribution in [3.63, 3.8) is 0 Å². The van der Waals surface area contributed by atoms with E-state index in [-0.39, 0.29) is 30.7 Å². The molecule has 0 radical (unpaired) electrons. The molecule has 1 unspecified atom stereocenters. The van der Waals surface area contributed by atoms with Crippen LogP contribution < -0.4 is 0 Å². The number of nitrogens with zero attached hydrogens (tertiary/aromatic N) is 4. The number of fused-ring (bicyclic) bond motifs is 1. The topological polar surface area (TPSA) is 78.3 Å². The molecule has 6 nitrogen and oxygen atoms in total. The van der Waals surface area contributed by atoms with Crippen LogP contribution >= 0.6 is 15.9 Å². The number of hydrogen-bond acceptors (Lipinski definition) is 4. The summed E-state index contributed by atoms with van der Waals surface area (Å²) >= 11 is 3.47. The Bertz CT molecular complexity index is 629. The Balaban J connectivity index is 1.88. The summed E-state index contributed by atoms with van der Waals surface area (Å²) in [5, 5.41) is 3.57. The fraction of sp³-hybridized carbons (Fsp3) is 0.562. The fourth-order valence-electron chi connectivity index (χ4n) is 3.68. The summed E-state index contributed by atoms with van der Waals surface area (Å²) in [7, 11) is 0. The molecule has 4 atom stereocenters. The van der Waals surface area contributed by atoms with Crippen LogP contribution in [0.4, 0.5) is 0 Å². The summed E-state index contributed by atoms with van der Waals surface area (Å²) < 4.78 is 6.49. The molecule has 0 N–H and O–H groups in total. The van der Waals surface area contributed by atoms with E-state index in [1.165, 1.54) is 5.56 Å². The highest BCUT2D eigenvalue weighted by molar-refractivity contribution is 9.10. The summed E-state index contributed by atoms with van der Waals surface area (Å²) in [6, 6.07) is 8.27. The lowest BCUT2D eigenvalue weighted by molar-refractivity contribution is -0.173. The van der Waals surface area contributed by atoms with Crippen molar-refractivity contribution in [3.05, 3.63) is 44.7 Å². The summed E-state index contributed by atoms with van der Waals surface area (Å²) in [5.74, 6) is 0.266. The van der Waals surface area contributed by atoms with E-state index in [4.69, 9.17) is 10.3 Å². The molecule has 1 aromatic rings. The second-order valence-electron chi connectivity index (χ2n) is 6.24. The zero-order valence-electron chi connectivity index (χ0n) is 12.9. The molecule has 0 amide bonds. The average Bonchev–Trinajstić information content (AvgIpc) is 2.54. The van der Waals surface area contributed by atoms with E-state index in [0.29, 0.717) is 12.5 Å². The third-order valence-corrected chi connectivity index (χ3v) is 5.25. The molecule has 2 heterocycles. The average molecular weight is 379 g/mol. The first-order valence-electron chi connectivity index (χ1n) is 7.82. The van der Waals surface area contributed by atoms with E-state index in [1.807, 2.05) is 12.1 Å². The molecule has 0 aliphatic carbocycles. The van der Waals surface area contributed by atoms with Gasteiger partial charge in [0.1, 0.15) is 12.1 Å². The minimum absolute atomic E-state index is 0.184. The van der Waals surface area contributed by atoms with Crippen LogP contribution in [0.3, 0.4) is 0 Å². The molecule has 0 spiro atoms. The maximum atomic E-state index is 12.3. The minimum atomic E-state index is -0.363. The van der Waals surface area contributed by atoms with Gasteiger partial charge >= 0.3 is 5.97 Å². The van der Waals surface area contributed by atoms with Gasteiger partial charge in [-0.25, -0.2) is 0 Å². The Morgan fingerprint density at radius 2 is 2.13 bits per heavy atom. The van der Waals surface area contributed by atoms with Crippen molar-refractivity contribution in [3.8, 4) is 0 Å². The van der Waals surface area contributed by atoms with Crippen molar-refractivity contribution < 1.29 is 9.53 Å². The van der Waals surface area contributed by atoms with E-state index in [0.717, 1.165) is 17.3 Å². The van der Waals surface area contributed by atoms with Crippen molar-refractivity contribution in [1.29, 1.82) is 0 Å². The van der Waals surface area contributed by atoms with Crippen LogP contribution in [0, 0.1) is 5.92 Å². The molecule has 23 heavy (non-hydrogen) atoms. The van der Waals surface area contributed by atoms with Crippen molar-refractivity contribution in [2.75, 3.05) is 13.1 Å². The number of carbonyl (C=O) groups is 1. The molecule has 3 rings (SSSR count). The number of hydrogen-bond donors (Lipinski definition) is 0. The van der Waals surface area contributed by atoms with E-state index < -0.39 is 0 Å². The number of esters is 1. The standard InChI is InChI=1S/C16H19BrN4O2/c1-10-2-7-14-16(22)23-13(8-19-20-18)9-21(14)15(10)11-3-5-12(17)6-4-11/h3-6,10,13-15H,2,7-9H2,1H3/t10-,13+,14?,15-/m1/s1. The Kier molecular flexibility index (Phi) is 4.90. The summed E-state index contributed by atoms with van der Waals surface area (Å²) in [4.78, 5) is 17.3. The first-order valence-corrected chi connectivity index (χ1v) is 8.62. The number of piperidine rings is 1. The first-order chi connectivity index (χ1) is 11.1. The summed E-state index contributed by atoms with van der Waals surface area (Å²) in [6.45, 7) is 3.03. The molecule has 2 fully saturated rings. The van der Waals surface area contributed by atoms with Gasteiger partial charge in [0.05, 0.1) is 6.54 Å². The smallest absolute Gasteiger partial charge is 0.323 e. The molecule has 2 aliphatic rings. The van der Waals surface area contributed by atoms with Gasteiger partial charge in [0, 0.05) is 22.0 Å². The second-order valence-corrected chi connectivity index (χ2v) is 7.15. The van der Waals surface area contributed by atoms with E-state index in [1.54, 1.807) is 0 Å². The quantitative estimate of drug-likeness (QED) is 0.347. The fourth-order valence-corrected chi connectivity index (χ4v) is 3.94. The van der Waals surface area contributed by atoms with Crippen molar-refractivity contribution in [2.45, 2.75) is 38.0 Å². The molecule has 2 aliphatic heterocycles. The maximum Gasteiger partial charge on any atom is 0.323 e. The third-order valence-electron chi connectivity index (χ3n) is 4.72. The highest BCUT2D eigenvalue weighted by Crippen LogP contribution is 2.41. The monoisotopic (exact) mass is 378 g/mol. The van der Waals surface area contributed by atoms with Crippen LogP contribution in [0.25, 0.3) is 10.4 Å². The highest BCUT2D eigenvalue weighted by atomic mass is 79.9. The molecular weight excluding hydrogens is 360 g/mol. The first kappa shape index (κ1) is 16.3. The van der Waals surface area contributed by atoms with Gasteiger partial charge in [-0.15, -0.1) is 0 Å². The zero-order valence-corrected chi connectivity index (χ0v) is 14.5. The Labute approximate surface area is 143 Å². The number of rotatable bonds is 3. The number of carbonyl (C=O) groups excluding carboxylic acids is 1. The Morgan fingerprint density at radius 3 is 2.83 bits per heavy atom.